The molecule has 3 aliphatic heterocycles. The predicted octanol–water partition coefficient (Wildman–Crippen LogP) is 1.40. The van der Waals surface area contributed by atoms with Gasteiger partial charge in [0.15, 0.2) is 24.4 Å². The van der Waals surface area contributed by atoms with Crippen molar-refractivity contribution >= 4 is 29.5 Å². The van der Waals surface area contributed by atoms with E-state index in [9.17, 15) is 19.8 Å². The van der Waals surface area contributed by atoms with Crippen LogP contribution in [0.15, 0.2) is 88.3 Å². The minimum atomic E-state index is -1.95. The third kappa shape index (κ3) is 7.04. The summed E-state index contributed by atoms with van der Waals surface area (Å²) in [6, 6.07) is 17.4. The topological polar surface area (TPSA) is 265 Å². The second kappa shape index (κ2) is 15.2. The van der Waals surface area contributed by atoms with Crippen LogP contribution in [0.25, 0.3) is 45.6 Å². The number of likely N-dealkylation sites (tertiary alicyclic amines) is 2. The van der Waals surface area contributed by atoms with Gasteiger partial charge in [-0.1, -0.05) is 22.4 Å². The number of nitrogens with one attached hydrogen (secondary N) is 2. The van der Waals surface area contributed by atoms with Gasteiger partial charge in [-0.15, -0.1) is 0 Å². The van der Waals surface area contributed by atoms with E-state index in [0.717, 1.165) is 0 Å². The number of pyridine rings is 2. The van der Waals surface area contributed by atoms with Crippen LogP contribution in [0.1, 0.15) is 24.4 Å². The van der Waals surface area contributed by atoms with E-state index in [1.165, 1.54) is 21.9 Å². The Balaban J connectivity index is 0.798. The zero-order valence-electron chi connectivity index (χ0n) is 33.3. The third-order valence-corrected chi connectivity index (χ3v) is 11.0. The molecule has 0 aromatic carbocycles. The van der Waals surface area contributed by atoms with Gasteiger partial charge in [0.2, 0.25) is 23.1 Å². The molecule has 2 atom stereocenters. The van der Waals surface area contributed by atoms with Gasteiger partial charge in [-0.3, -0.25) is 14.9 Å². The first-order chi connectivity index (χ1) is 30.0. The van der Waals surface area contributed by atoms with Crippen LogP contribution in [0.4, 0.5) is 17.7 Å². The fourth-order valence-electron chi connectivity index (χ4n) is 7.39. The second-order valence-electron chi connectivity index (χ2n) is 15.2. The highest BCUT2D eigenvalue weighted by Gasteiger charge is 2.51. The lowest BCUT2D eigenvalue weighted by Crippen LogP contribution is -2.45. The number of carbonyl (C=O) groups is 2. The van der Waals surface area contributed by atoms with Crippen molar-refractivity contribution < 1.29 is 38.3 Å². The Morgan fingerprint density at radius 3 is 1.87 bits per heavy atom. The highest BCUT2D eigenvalue weighted by molar-refractivity contribution is 5.88. The molecule has 3 saturated heterocycles. The summed E-state index contributed by atoms with van der Waals surface area (Å²) in [5.41, 5.74) is 0.103. The average molecular weight is 841 g/mol. The molecule has 0 unspecified atom stereocenters. The summed E-state index contributed by atoms with van der Waals surface area (Å²) < 4.78 is 17.9. The molecule has 7 aromatic heterocycles. The summed E-state index contributed by atoms with van der Waals surface area (Å²) in [5.74, 6) is 0.158. The summed E-state index contributed by atoms with van der Waals surface area (Å²) in [5, 5.41) is 41.8. The van der Waals surface area contributed by atoms with Crippen molar-refractivity contribution in [2.24, 2.45) is 7.05 Å². The zero-order chi connectivity index (χ0) is 42.6. The maximum atomic E-state index is 13.8. The molecule has 0 aliphatic carbocycles. The first kappa shape index (κ1) is 38.6. The quantitative estimate of drug-likeness (QED) is 0.127. The Kier molecular flexibility index (Phi) is 9.45. The molecular formula is C40H38N15O7+. The van der Waals surface area contributed by atoms with Crippen LogP contribution >= 0.6 is 0 Å². The molecule has 62 heavy (non-hydrogen) atoms. The smallest absolute Gasteiger partial charge is 0.314 e. The number of ether oxygens (including phenoxy) is 1. The van der Waals surface area contributed by atoms with Crippen molar-refractivity contribution in [3.8, 4) is 45.6 Å². The molecule has 0 spiro atoms. The number of nitrogens with zero attached hydrogens (tertiary/aromatic N) is 13. The number of aryl methyl sites for hydroxylation is 1. The van der Waals surface area contributed by atoms with Crippen LogP contribution in [-0.4, -0.2) is 121 Å². The lowest BCUT2D eigenvalue weighted by molar-refractivity contribution is -0.759. The minimum Gasteiger partial charge on any atom is -0.377 e. The maximum Gasteiger partial charge on any atom is 0.314 e. The lowest BCUT2D eigenvalue weighted by Gasteiger charge is -2.26. The van der Waals surface area contributed by atoms with Gasteiger partial charge < -0.3 is 39.1 Å². The molecule has 0 radical (unpaired) electrons. The second-order valence-corrected chi connectivity index (χ2v) is 15.2. The molecule has 3 aliphatic rings. The zero-order valence-corrected chi connectivity index (χ0v) is 33.3. The lowest BCUT2D eigenvalue weighted by atomic mass is 9.98. The summed E-state index contributed by atoms with van der Waals surface area (Å²) in [6.45, 7) is 1.84. The van der Waals surface area contributed by atoms with Gasteiger partial charge in [-0.25, -0.2) is 29.9 Å². The van der Waals surface area contributed by atoms with Crippen molar-refractivity contribution in [3.63, 3.8) is 0 Å². The number of likely N-dealkylation sites (N-methyl/N-ethyl adjacent to an activating group) is 1. The van der Waals surface area contributed by atoms with Gasteiger partial charge in [0.1, 0.15) is 18.4 Å². The number of anilines is 3. The van der Waals surface area contributed by atoms with Crippen molar-refractivity contribution in [3.05, 3.63) is 90.8 Å². The number of aromatic nitrogens is 11. The summed E-state index contributed by atoms with van der Waals surface area (Å²) in [7, 11) is 3.38. The largest absolute Gasteiger partial charge is 0.377 e. The molecule has 22 heteroatoms. The van der Waals surface area contributed by atoms with E-state index in [0.29, 0.717) is 77.1 Å². The van der Waals surface area contributed by atoms with E-state index in [1.807, 2.05) is 12.1 Å². The van der Waals surface area contributed by atoms with E-state index in [2.05, 4.69) is 46.0 Å². The van der Waals surface area contributed by atoms with E-state index in [-0.39, 0.29) is 49.6 Å². The normalized spacial score (nSPS) is 20.3. The van der Waals surface area contributed by atoms with Gasteiger partial charge >= 0.3 is 5.82 Å². The van der Waals surface area contributed by atoms with Crippen LogP contribution in [-0.2, 0) is 39.2 Å². The molecule has 4 N–H and O–H groups in total. The molecule has 2 amide bonds. The van der Waals surface area contributed by atoms with Crippen LogP contribution < -0.4 is 15.3 Å². The Hall–Kier alpha value is -7.56. The molecule has 0 bridgehead atoms. The average Bonchev–Trinajstić information content (AvgIpc) is 4.13. The van der Waals surface area contributed by atoms with Crippen LogP contribution in [0, 0.1) is 0 Å². The number of carbonyl (C=O) groups excluding carboxylic acids is 2. The molecular weight excluding hydrogens is 803 g/mol. The fourth-order valence-corrected chi connectivity index (χ4v) is 7.39. The standard InChI is InChI=1S/C40H38N15O7/c1-52-15-11-39(58,35(52)56)32-17-30(50-61-32)26-7-4-6-25(45-26)29-10-14-42-38(47-29)48-34-19-53(2)55(49-34)22-54-16-12-40(59,36(54)57)33-18-31(51-62-33)27-8-3-5-24(44-27)28-9-13-41-37(46-28)43-23-20-60-21-23/h3-10,13-14,17-19,23,58-59H,11-12,15-16,20-22H2,1-2H3,(H,41,43,46)(H,42,47,48,49)/q+1/t39-,40-/m1/s1. The SMILES string of the molecule is CN1CC[C@@](O)(c2cc(-c3cccc(-c4ccnc(Nc5c[n+](C)n(CN6CC[C@@](O)(c7cc(-c8cccc(-c9ccnc(NC%10COC%10)n9)n8)no7)C6=O)n5)n4)n3)no2)C1=O. The van der Waals surface area contributed by atoms with Gasteiger partial charge in [0.25, 0.3) is 11.8 Å². The Morgan fingerprint density at radius 1 is 0.742 bits per heavy atom. The monoisotopic (exact) mass is 840 g/mol. The highest BCUT2D eigenvalue weighted by atomic mass is 16.5. The number of hydrogen-bond acceptors (Lipinski definition) is 18. The minimum absolute atomic E-state index is 0.00520. The predicted molar refractivity (Wildman–Crippen MR) is 213 cm³/mol. The van der Waals surface area contributed by atoms with Gasteiger partial charge in [-0.2, -0.15) is 4.68 Å². The number of amides is 2. The van der Waals surface area contributed by atoms with Crippen molar-refractivity contribution in [1.29, 1.82) is 0 Å². The van der Waals surface area contributed by atoms with Gasteiger partial charge in [-0.05, 0) is 41.2 Å². The number of aliphatic hydroxyl groups is 2. The maximum absolute atomic E-state index is 13.8. The molecule has 22 nitrogen and oxygen atoms in total. The van der Waals surface area contributed by atoms with Gasteiger partial charge in [0.05, 0.1) is 58.5 Å². The molecule has 7 aromatic rings. The van der Waals surface area contributed by atoms with E-state index >= 15 is 0 Å². The Labute approximate surface area is 351 Å². The summed E-state index contributed by atoms with van der Waals surface area (Å²) >= 11 is 0. The Bertz CT molecular complexity index is 2840. The molecule has 314 valence electrons. The highest BCUT2D eigenvalue weighted by Crippen LogP contribution is 2.37. The molecule has 10 rings (SSSR count). The fraction of sp³-hybridized carbons (Fsp3) is 0.300. The molecule has 10 heterocycles. The van der Waals surface area contributed by atoms with Crippen molar-refractivity contribution in [1.82, 2.24) is 59.9 Å². The van der Waals surface area contributed by atoms with Crippen molar-refractivity contribution in [2.75, 3.05) is 44.0 Å². The van der Waals surface area contributed by atoms with Crippen LogP contribution in [0.5, 0.6) is 0 Å². The first-order valence-electron chi connectivity index (χ1n) is 19.6. The van der Waals surface area contributed by atoms with Crippen LogP contribution in [0.2, 0.25) is 0 Å². The molecule has 3 fully saturated rings. The summed E-state index contributed by atoms with van der Waals surface area (Å²) in [6.07, 6.45) is 5.20. The van der Waals surface area contributed by atoms with E-state index in [1.54, 1.807) is 78.6 Å². The van der Waals surface area contributed by atoms with Crippen molar-refractivity contribution in [2.45, 2.75) is 36.8 Å². The number of rotatable bonds is 12. The first-order valence-corrected chi connectivity index (χ1v) is 19.6. The van der Waals surface area contributed by atoms with Gasteiger partial charge in [0, 0.05) is 57.5 Å². The number of hydrogen-bond donors (Lipinski definition) is 4. The van der Waals surface area contributed by atoms with Crippen LogP contribution in [0.3, 0.4) is 0 Å². The van der Waals surface area contributed by atoms with E-state index < -0.39 is 23.0 Å². The Morgan fingerprint density at radius 2 is 1.29 bits per heavy atom. The summed E-state index contributed by atoms with van der Waals surface area (Å²) in [4.78, 5) is 58.1. The van der Waals surface area contributed by atoms with E-state index in [4.69, 9.17) is 23.8 Å². The molecule has 0 saturated carbocycles. The third-order valence-electron chi connectivity index (χ3n) is 11.0.